The van der Waals surface area contributed by atoms with Crippen LogP contribution in [0.2, 0.25) is 5.02 Å². The summed E-state index contributed by atoms with van der Waals surface area (Å²) >= 11 is 7.69. The monoisotopic (exact) mass is 420 g/mol. The van der Waals surface area contributed by atoms with E-state index in [2.05, 4.69) is 15.2 Å². The van der Waals surface area contributed by atoms with Gasteiger partial charge in [0, 0.05) is 10.7 Å². The number of nitrogens with zero attached hydrogens (tertiary/aromatic N) is 3. The highest BCUT2D eigenvalue weighted by molar-refractivity contribution is 8.00. The number of amides is 1. The van der Waals surface area contributed by atoms with Crippen LogP contribution in [0.5, 0.6) is 0 Å². The number of aromatic nitrogens is 3. The van der Waals surface area contributed by atoms with Gasteiger partial charge in [-0.3, -0.25) is 14.8 Å². The molecule has 1 atom stereocenters. The number of thioether (sulfide) groups is 1. The smallest absolute Gasteiger partial charge is 0.239 e. The molecule has 0 aliphatic carbocycles. The summed E-state index contributed by atoms with van der Waals surface area (Å²) in [6.45, 7) is 1.95. The second-order valence-corrected chi connectivity index (χ2v) is 8.43. The number of rotatable bonds is 3. The minimum Gasteiger partial charge on any atom is -0.277 e. The van der Waals surface area contributed by atoms with E-state index in [1.54, 1.807) is 16.7 Å². The van der Waals surface area contributed by atoms with Gasteiger partial charge in [-0.2, -0.15) is 5.10 Å². The molecule has 0 spiro atoms. The lowest BCUT2D eigenvalue weighted by molar-refractivity contribution is -0.115. The highest BCUT2D eigenvalue weighted by Crippen LogP contribution is 2.44. The summed E-state index contributed by atoms with van der Waals surface area (Å²) < 4.78 is 0. The van der Waals surface area contributed by atoms with Crippen LogP contribution in [0.4, 0.5) is 5.82 Å². The molecule has 0 saturated carbocycles. The van der Waals surface area contributed by atoms with E-state index in [-0.39, 0.29) is 11.3 Å². The van der Waals surface area contributed by atoms with Gasteiger partial charge < -0.3 is 0 Å². The van der Waals surface area contributed by atoms with Crippen LogP contribution in [-0.4, -0.2) is 26.8 Å². The second kappa shape index (κ2) is 7.21. The molecule has 0 radical (unpaired) electrons. The molecule has 3 heterocycles. The first kappa shape index (κ1) is 18.2. The van der Waals surface area contributed by atoms with Gasteiger partial charge in [-0.1, -0.05) is 54.1 Å². The fraction of sp³-hybridized carbons (Fsp3) is 0.136. The molecule has 1 unspecified atom stereocenters. The quantitative estimate of drug-likeness (QED) is 0.484. The standard InChI is InChI=1S/C22H17ClN4OS/c1-13-11-17(14-7-9-16(23)10-8-14)19-20(24-13)25-26-21(19)27-18(28)12-29-22(27)15-5-3-2-4-6-15/h2-11,22H,12H2,1H3,(H,24,25,26). The van der Waals surface area contributed by atoms with Crippen LogP contribution >= 0.6 is 23.4 Å². The summed E-state index contributed by atoms with van der Waals surface area (Å²) in [5, 5.41) is 8.96. The van der Waals surface area contributed by atoms with Crippen molar-refractivity contribution in [2.75, 3.05) is 10.7 Å². The van der Waals surface area contributed by atoms with Crippen LogP contribution < -0.4 is 4.90 Å². The normalized spacial score (nSPS) is 16.7. The van der Waals surface area contributed by atoms with E-state index in [1.807, 2.05) is 67.6 Å². The first-order chi connectivity index (χ1) is 14.1. The number of anilines is 1. The number of carbonyl (C=O) groups is 1. The number of hydrogen-bond donors (Lipinski definition) is 1. The number of benzene rings is 2. The van der Waals surface area contributed by atoms with Gasteiger partial charge in [0.15, 0.2) is 11.5 Å². The van der Waals surface area contributed by atoms with Crippen molar-refractivity contribution < 1.29 is 4.79 Å². The van der Waals surface area contributed by atoms with E-state index in [9.17, 15) is 4.79 Å². The number of pyridine rings is 1. The average Bonchev–Trinajstić information content (AvgIpc) is 3.31. The van der Waals surface area contributed by atoms with E-state index in [0.717, 1.165) is 27.8 Å². The molecule has 29 heavy (non-hydrogen) atoms. The Hall–Kier alpha value is -2.83. The Labute approximate surface area is 177 Å². The Balaban J connectivity index is 1.71. The number of H-pyrrole nitrogens is 1. The van der Waals surface area contributed by atoms with Crippen LogP contribution in [0.15, 0.2) is 60.7 Å². The molecule has 2 aromatic heterocycles. The molecule has 1 saturated heterocycles. The zero-order valence-electron chi connectivity index (χ0n) is 15.6. The minimum atomic E-state index is -0.116. The van der Waals surface area contributed by atoms with Crippen LogP contribution in [-0.2, 0) is 4.79 Å². The maximum Gasteiger partial charge on any atom is 0.239 e. The van der Waals surface area contributed by atoms with Crippen molar-refractivity contribution in [3.63, 3.8) is 0 Å². The van der Waals surface area contributed by atoms with Crippen molar-refractivity contribution in [3.05, 3.63) is 76.9 Å². The van der Waals surface area contributed by atoms with E-state index in [1.165, 1.54) is 0 Å². The van der Waals surface area contributed by atoms with Crippen molar-refractivity contribution in [2.24, 2.45) is 0 Å². The predicted molar refractivity (Wildman–Crippen MR) is 118 cm³/mol. The molecule has 5 nitrogen and oxygen atoms in total. The van der Waals surface area contributed by atoms with E-state index >= 15 is 0 Å². The SMILES string of the molecule is Cc1cc(-c2ccc(Cl)cc2)c2c(N3C(=O)CSC3c3ccccc3)n[nH]c2n1. The molecule has 1 fully saturated rings. The highest BCUT2D eigenvalue weighted by Gasteiger charge is 2.37. The minimum absolute atomic E-state index is 0.0416. The Morgan fingerprint density at radius 2 is 1.90 bits per heavy atom. The Morgan fingerprint density at radius 1 is 1.14 bits per heavy atom. The number of aromatic amines is 1. The number of nitrogens with one attached hydrogen (secondary N) is 1. The average molecular weight is 421 g/mol. The van der Waals surface area contributed by atoms with Crippen molar-refractivity contribution in [1.29, 1.82) is 0 Å². The Kier molecular flexibility index (Phi) is 4.53. The van der Waals surface area contributed by atoms with Crippen molar-refractivity contribution in [3.8, 4) is 11.1 Å². The van der Waals surface area contributed by atoms with Crippen LogP contribution in [0, 0.1) is 6.92 Å². The lowest BCUT2D eigenvalue weighted by atomic mass is 10.0. The fourth-order valence-corrected chi connectivity index (χ4v) is 4.97. The zero-order chi connectivity index (χ0) is 20.0. The lowest BCUT2D eigenvalue weighted by Crippen LogP contribution is -2.28. The predicted octanol–water partition coefficient (Wildman–Crippen LogP) is 5.37. The molecule has 1 aliphatic rings. The Bertz CT molecular complexity index is 1210. The molecular weight excluding hydrogens is 404 g/mol. The van der Waals surface area contributed by atoms with Gasteiger partial charge in [0.05, 0.1) is 11.1 Å². The van der Waals surface area contributed by atoms with Crippen LogP contribution in [0.1, 0.15) is 16.6 Å². The molecule has 4 aromatic rings. The van der Waals surface area contributed by atoms with Gasteiger partial charge in [0.25, 0.3) is 0 Å². The van der Waals surface area contributed by atoms with Gasteiger partial charge in [-0.05, 0) is 41.8 Å². The number of halogens is 1. The van der Waals surface area contributed by atoms with Crippen molar-refractivity contribution in [1.82, 2.24) is 15.2 Å². The van der Waals surface area contributed by atoms with E-state index < -0.39 is 0 Å². The van der Waals surface area contributed by atoms with Crippen molar-refractivity contribution in [2.45, 2.75) is 12.3 Å². The summed E-state index contributed by atoms with van der Waals surface area (Å²) in [5.41, 5.74) is 4.60. The third-order valence-corrected chi connectivity index (χ3v) is 6.44. The molecule has 144 valence electrons. The van der Waals surface area contributed by atoms with Gasteiger partial charge in [-0.25, -0.2) is 4.98 Å². The first-order valence-corrected chi connectivity index (χ1v) is 10.6. The summed E-state index contributed by atoms with van der Waals surface area (Å²) in [6, 6.07) is 19.7. The number of aryl methyl sites for hydroxylation is 1. The van der Waals surface area contributed by atoms with E-state index in [4.69, 9.17) is 11.6 Å². The molecule has 1 amide bonds. The number of hydrogen-bond acceptors (Lipinski definition) is 4. The molecule has 1 N–H and O–H groups in total. The van der Waals surface area contributed by atoms with Crippen LogP contribution in [0.25, 0.3) is 22.2 Å². The highest BCUT2D eigenvalue weighted by atomic mass is 35.5. The summed E-state index contributed by atoms with van der Waals surface area (Å²) in [5.74, 6) is 1.07. The largest absolute Gasteiger partial charge is 0.277 e. The first-order valence-electron chi connectivity index (χ1n) is 9.22. The van der Waals surface area contributed by atoms with Gasteiger partial charge in [-0.15, -0.1) is 11.8 Å². The number of carbonyl (C=O) groups excluding carboxylic acids is 1. The maximum absolute atomic E-state index is 12.9. The van der Waals surface area contributed by atoms with E-state index in [0.29, 0.717) is 22.2 Å². The van der Waals surface area contributed by atoms with Gasteiger partial charge in [0.2, 0.25) is 5.91 Å². The van der Waals surface area contributed by atoms with Gasteiger partial charge in [0.1, 0.15) is 5.37 Å². The molecule has 0 bridgehead atoms. The lowest BCUT2D eigenvalue weighted by Gasteiger charge is -2.23. The Morgan fingerprint density at radius 3 is 2.66 bits per heavy atom. The number of fused-ring (bicyclic) bond motifs is 1. The van der Waals surface area contributed by atoms with Gasteiger partial charge >= 0.3 is 0 Å². The molecule has 7 heteroatoms. The molecule has 1 aliphatic heterocycles. The van der Waals surface area contributed by atoms with Crippen LogP contribution in [0.3, 0.4) is 0 Å². The maximum atomic E-state index is 12.9. The topological polar surface area (TPSA) is 61.9 Å². The third kappa shape index (κ3) is 3.18. The summed E-state index contributed by atoms with van der Waals surface area (Å²) in [4.78, 5) is 19.3. The zero-order valence-corrected chi connectivity index (χ0v) is 17.2. The molecule has 5 rings (SSSR count). The summed E-state index contributed by atoms with van der Waals surface area (Å²) in [6.07, 6.45) is 0. The fourth-order valence-electron chi connectivity index (χ4n) is 3.69. The summed E-state index contributed by atoms with van der Waals surface area (Å²) in [7, 11) is 0. The molecular formula is C22H17ClN4OS. The third-order valence-electron chi connectivity index (χ3n) is 4.97. The molecule has 2 aromatic carbocycles. The van der Waals surface area contributed by atoms with Crippen molar-refractivity contribution >= 4 is 46.1 Å². The second-order valence-electron chi connectivity index (χ2n) is 6.93.